The number of rotatable bonds is 21. The van der Waals surface area contributed by atoms with Crippen LogP contribution < -0.4 is 47.0 Å². The Morgan fingerprint density at radius 3 is 1.83 bits per heavy atom. The minimum absolute atomic E-state index is 0.107. The Labute approximate surface area is 457 Å². The molecule has 0 aliphatic carbocycles. The highest BCUT2D eigenvalue weighted by Gasteiger charge is 2.34. The topological polar surface area (TPSA) is 418 Å². The maximum Gasteiger partial charge on any atom is 0.414 e. The van der Waals surface area contributed by atoms with E-state index in [1.54, 1.807) is 11.0 Å². The summed E-state index contributed by atoms with van der Waals surface area (Å²) in [6, 6.07) is 11.2. The van der Waals surface area contributed by atoms with Gasteiger partial charge < -0.3 is 87.1 Å². The molecule has 2 fully saturated rings. The number of nitrogens with zero attached hydrogens (tertiary/aromatic N) is 6. The number of amides is 9. The molecule has 7 rings (SSSR count). The van der Waals surface area contributed by atoms with Gasteiger partial charge in [-0.05, 0) is 54.6 Å². The highest BCUT2D eigenvalue weighted by Crippen LogP contribution is 2.31. The van der Waals surface area contributed by atoms with Gasteiger partial charge in [-0.3, -0.25) is 38.5 Å². The van der Waals surface area contributed by atoms with E-state index in [0.717, 1.165) is 35.0 Å². The highest BCUT2D eigenvalue weighted by atomic mass is 19.1. The Morgan fingerprint density at radius 1 is 0.704 bits per heavy atom. The minimum Gasteiger partial charge on any atom is -0.504 e. The number of carbonyl (C=O) groups excluding carboxylic acids is 9. The number of cyclic esters (lactones) is 1. The molecule has 2 aliphatic rings. The minimum atomic E-state index is -1.74. The number of phenols is 6. The Bertz CT molecular complexity index is 3230. The normalized spacial score (nSPS) is 14.6. The SMILES string of the molecule is CC(=O)NC[C@H]1CN(c2ccc(N3CCN(C(=O)OCn4cc(CNC(=O)C(CNC(=O)C(CNC(=O)CNC(=O)c5cccc(O)c5O)NC(=O)c5cccc(O)c5O)NC(=O)c5cccc(O)c5O)nn4)CC3)c(F)c2)C(=O)O1. The van der Waals surface area contributed by atoms with Crippen LogP contribution in [0.1, 0.15) is 43.7 Å². The van der Waals surface area contributed by atoms with Crippen molar-refractivity contribution in [2.45, 2.75) is 38.4 Å². The Kier molecular flexibility index (Phi) is 18.7. The van der Waals surface area contributed by atoms with Crippen LogP contribution in [0.25, 0.3) is 0 Å². The van der Waals surface area contributed by atoms with Crippen LogP contribution in [-0.4, -0.2) is 181 Å². The zero-order valence-electron chi connectivity index (χ0n) is 42.8. The summed E-state index contributed by atoms with van der Waals surface area (Å²) in [4.78, 5) is 121. The van der Waals surface area contributed by atoms with Crippen molar-refractivity contribution in [1.82, 2.24) is 57.1 Å². The second-order valence-corrected chi connectivity index (χ2v) is 18.0. The van der Waals surface area contributed by atoms with E-state index in [9.17, 15) is 73.8 Å². The number of para-hydroxylation sites is 3. The number of ether oxygens (including phenoxy) is 2. The fourth-order valence-electron chi connectivity index (χ4n) is 8.04. The number of phenolic OH excluding ortho intramolecular Hbond substituents is 6. The van der Waals surface area contributed by atoms with E-state index in [-0.39, 0.29) is 74.4 Å². The first-order valence-corrected chi connectivity index (χ1v) is 24.5. The van der Waals surface area contributed by atoms with Gasteiger partial charge in [0.1, 0.15) is 29.7 Å². The molecular weight excluding hydrogens is 1070 g/mol. The summed E-state index contributed by atoms with van der Waals surface area (Å²) in [5, 5.41) is 85.0. The number of carbonyl (C=O) groups is 9. The van der Waals surface area contributed by atoms with Crippen LogP contribution in [0, 0.1) is 5.82 Å². The van der Waals surface area contributed by atoms with E-state index in [2.05, 4.69) is 47.5 Å². The smallest absolute Gasteiger partial charge is 0.414 e. The number of hydrogen-bond acceptors (Lipinski definition) is 20. The summed E-state index contributed by atoms with van der Waals surface area (Å²) < 4.78 is 27.2. The van der Waals surface area contributed by atoms with Gasteiger partial charge in [0, 0.05) is 46.2 Å². The van der Waals surface area contributed by atoms with Crippen molar-refractivity contribution in [3.63, 3.8) is 0 Å². The summed E-state index contributed by atoms with van der Waals surface area (Å²) >= 11 is 0. The molecule has 31 heteroatoms. The second-order valence-electron chi connectivity index (χ2n) is 18.0. The summed E-state index contributed by atoms with van der Waals surface area (Å²) in [6.07, 6.45) is -0.699. The quantitative estimate of drug-likeness (QED) is 0.0388. The fourth-order valence-corrected chi connectivity index (χ4v) is 8.04. The lowest BCUT2D eigenvalue weighted by atomic mass is 10.1. The molecule has 4 aromatic carbocycles. The number of aromatic nitrogens is 3. The number of piperazine rings is 1. The van der Waals surface area contributed by atoms with Crippen LogP contribution in [0.5, 0.6) is 34.5 Å². The van der Waals surface area contributed by atoms with Crippen LogP contribution in [0.3, 0.4) is 0 Å². The average molecular weight is 1130 g/mol. The molecule has 428 valence electrons. The Balaban J connectivity index is 0.939. The number of anilines is 2. The molecule has 9 amide bonds. The number of nitrogens with one attached hydrogen (secondary N) is 7. The third-order valence-electron chi connectivity index (χ3n) is 12.3. The van der Waals surface area contributed by atoms with Crippen LogP contribution in [-0.2, 0) is 41.9 Å². The van der Waals surface area contributed by atoms with Crippen molar-refractivity contribution in [1.29, 1.82) is 0 Å². The molecule has 0 radical (unpaired) electrons. The summed E-state index contributed by atoms with van der Waals surface area (Å²) in [5.74, 6) is -11.5. The van der Waals surface area contributed by atoms with Gasteiger partial charge in [-0.1, -0.05) is 23.4 Å². The lowest BCUT2D eigenvalue weighted by molar-refractivity contribution is -0.125. The third kappa shape index (κ3) is 14.9. The fraction of sp³-hybridized carbons (Fsp3) is 0.300. The molecule has 2 unspecified atom stereocenters. The van der Waals surface area contributed by atoms with E-state index in [4.69, 9.17) is 9.47 Å². The van der Waals surface area contributed by atoms with Gasteiger partial charge >= 0.3 is 12.2 Å². The van der Waals surface area contributed by atoms with Gasteiger partial charge in [-0.25, -0.2) is 18.7 Å². The number of aromatic hydroxyl groups is 6. The lowest BCUT2D eigenvalue weighted by Gasteiger charge is -2.35. The molecule has 0 saturated carbocycles. The Hall–Kier alpha value is -10.6. The van der Waals surface area contributed by atoms with Crippen LogP contribution >= 0.6 is 0 Å². The number of halogens is 1. The van der Waals surface area contributed by atoms with Crippen molar-refractivity contribution in [3.8, 4) is 34.5 Å². The zero-order chi connectivity index (χ0) is 58.5. The van der Waals surface area contributed by atoms with Gasteiger partial charge in [0.25, 0.3) is 17.7 Å². The molecule has 3 atom stereocenters. The first kappa shape index (κ1) is 58.1. The summed E-state index contributed by atoms with van der Waals surface area (Å²) in [5.41, 5.74) is -0.728. The molecule has 5 aromatic rings. The van der Waals surface area contributed by atoms with Crippen molar-refractivity contribution in [2.24, 2.45) is 0 Å². The zero-order valence-corrected chi connectivity index (χ0v) is 42.8. The predicted molar refractivity (Wildman–Crippen MR) is 275 cm³/mol. The van der Waals surface area contributed by atoms with Crippen molar-refractivity contribution < 1.29 is 87.7 Å². The van der Waals surface area contributed by atoms with Gasteiger partial charge in [0.2, 0.25) is 23.6 Å². The molecule has 81 heavy (non-hydrogen) atoms. The molecule has 1 aromatic heterocycles. The van der Waals surface area contributed by atoms with Gasteiger partial charge in [0.05, 0.1) is 60.4 Å². The Morgan fingerprint density at radius 2 is 1.26 bits per heavy atom. The maximum absolute atomic E-state index is 15.4. The maximum atomic E-state index is 15.4. The van der Waals surface area contributed by atoms with Crippen molar-refractivity contribution in [3.05, 3.63) is 107 Å². The van der Waals surface area contributed by atoms with E-state index < -0.39 is 144 Å². The molecule has 3 heterocycles. The molecule has 13 N–H and O–H groups in total. The largest absolute Gasteiger partial charge is 0.504 e. The lowest BCUT2D eigenvalue weighted by Crippen LogP contribution is -2.57. The molecule has 0 bridgehead atoms. The third-order valence-corrected chi connectivity index (χ3v) is 12.3. The van der Waals surface area contributed by atoms with E-state index >= 15 is 4.39 Å². The van der Waals surface area contributed by atoms with Crippen molar-refractivity contribution in [2.75, 3.05) is 68.7 Å². The molecule has 30 nitrogen and oxygen atoms in total. The van der Waals surface area contributed by atoms with E-state index in [0.29, 0.717) is 0 Å². The summed E-state index contributed by atoms with van der Waals surface area (Å²) in [6.45, 7) is -0.713. The standard InChI is InChI=1S/C50H54FN13O17/c1-26(65)52-19-29-24-64(50(79)81-29)28-11-12-36(33(51)17-28)61-13-15-62(16-14-61)49(78)80-25-63-23-27(59-60-63)18-54-47(76)35(58-46(75)32-7-4-10-39(68)43(32)72)21-55-48(77)34(57-45(74)31-6-3-9-38(67)42(31)71)20-53-40(69)22-56-44(73)30-5-2-8-37(66)41(30)70/h2-12,17,23,29,34-35,66-68,70-72H,13-16,18-22,24-25H2,1H3,(H,52,65)(H,53,69)(H,54,76)(H,55,77)(H,56,73)(H,57,74)(H,58,75)/t29-,34?,35?/m0/s1. The van der Waals surface area contributed by atoms with Gasteiger partial charge in [-0.15, -0.1) is 5.10 Å². The monoisotopic (exact) mass is 1130 g/mol. The van der Waals surface area contributed by atoms with Gasteiger partial charge in [-0.2, -0.15) is 0 Å². The molecule has 2 saturated heterocycles. The number of benzene rings is 4. The average Bonchev–Trinajstić information content (AvgIpc) is 4.08. The van der Waals surface area contributed by atoms with Crippen LogP contribution in [0.4, 0.5) is 25.4 Å². The molecular formula is C50H54FN13O17. The predicted octanol–water partition coefficient (Wildman–Crippen LogP) is -1.10. The molecule has 2 aliphatic heterocycles. The number of hydrogen-bond donors (Lipinski definition) is 13. The van der Waals surface area contributed by atoms with E-state index in [1.165, 1.54) is 59.3 Å². The highest BCUT2D eigenvalue weighted by molar-refractivity contribution is 6.02. The second kappa shape index (κ2) is 26.2. The van der Waals surface area contributed by atoms with E-state index in [1.807, 2.05) is 0 Å². The van der Waals surface area contributed by atoms with Gasteiger partial charge in [0.15, 0.2) is 41.2 Å². The van der Waals surface area contributed by atoms with Crippen LogP contribution in [0.2, 0.25) is 0 Å². The first-order valence-electron chi connectivity index (χ1n) is 24.5. The van der Waals surface area contributed by atoms with Crippen LogP contribution in [0.15, 0.2) is 79.0 Å². The first-order chi connectivity index (χ1) is 38.7. The summed E-state index contributed by atoms with van der Waals surface area (Å²) in [7, 11) is 0. The van der Waals surface area contributed by atoms with Crippen molar-refractivity contribution >= 4 is 64.9 Å². The molecule has 0 spiro atoms.